The van der Waals surface area contributed by atoms with Crippen LogP contribution in [0.5, 0.6) is 0 Å². The van der Waals surface area contributed by atoms with Crippen molar-refractivity contribution >= 4 is 29.3 Å². The highest BCUT2D eigenvalue weighted by Gasteiger charge is 2.29. The molecule has 0 unspecified atom stereocenters. The molecule has 0 saturated carbocycles. The van der Waals surface area contributed by atoms with Crippen LogP contribution in [0.3, 0.4) is 0 Å². The van der Waals surface area contributed by atoms with Gasteiger partial charge in [-0.1, -0.05) is 55.5 Å². The zero-order chi connectivity index (χ0) is 24.2. The third-order valence-corrected chi connectivity index (χ3v) is 6.77. The highest BCUT2D eigenvalue weighted by atomic mass is 32.1. The Morgan fingerprint density at radius 1 is 1.09 bits per heavy atom. The quantitative estimate of drug-likeness (QED) is 0.448. The van der Waals surface area contributed by atoms with Gasteiger partial charge in [-0.25, -0.2) is 14.6 Å². The summed E-state index contributed by atoms with van der Waals surface area (Å²) in [4.78, 5) is 40.9. The minimum atomic E-state index is -1.10. The van der Waals surface area contributed by atoms with E-state index in [0.29, 0.717) is 9.88 Å². The average Bonchev–Trinajstić information content (AvgIpc) is 3.37. The molecule has 176 valence electrons. The minimum Gasteiger partial charge on any atom is -0.480 e. The smallest absolute Gasteiger partial charge is 0.407 e. The number of nitrogens with one attached hydrogen (secondary N) is 2. The van der Waals surface area contributed by atoms with E-state index >= 15 is 0 Å². The number of carboxylic acid groups (broad SMARTS) is 1. The largest absolute Gasteiger partial charge is 0.480 e. The number of benzene rings is 2. The summed E-state index contributed by atoms with van der Waals surface area (Å²) in [7, 11) is 0. The number of rotatable bonds is 8. The lowest BCUT2D eigenvalue weighted by molar-refractivity contribution is -0.139. The van der Waals surface area contributed by atoms with Crippen LogP contribution in [0.1, 0.15) is 50.8 Å². The number of thiazole rings is 1. The molecule has 1 atom stereocenters. The van der Waals surface area contributed by atoms with E-state index in [1.54, 1.807) is 13.8 Å². The molecule has 9 heteroatoms. The van der Waals surface area contributed by atoms with Crippen LogP contribution in [0.4, 0.5) is 4.79 Å². The molecule has 1 heterocycles. The van der Waals surface area contributed by atoms with Crippen LogP contribution in [0.15, 0.2) is 48.5 Å². The molecule has 0 fully saturated rings. The van der Waals surface area contributed by atoms with Crippen molar-refractivity contribution in [2.75, 3.05) is 6.61 Å². The number of nitrogens with zero attached hydrogens (tertiary/aromatic N) is 1. The molecule has 1 aliphatic carbocycles. The molecule has 3 N–H and O–H groups in total. The Hall–Kier alpha value is -3.72. The standard InChI is InChI=1S/C25H25N3O5S/c1-3-20(24(30)31)27-23(29)22-14(2)34-21(28-22)12-26-25(32)33-13-19-17-10-6-4-8-15(17)16-9-5-7-11-18(16)19/h4-11,19-20H,3,12-13H2,1-2H3,(H,26,32)(H,27,29)(H,30,31)/t20-/m0/s1. The van der Waals surface area contributed by atoms with E-state index < -0.39 is 24.0 Å². The SMILES string of the molecule is CC[C@H](NC(=O)c1nc(CNC(=O)OCC2c3ccccc3-c3ccccc32)sc1C)C(=O)O. The lowest BCUT2D eigenvalue weighted by atomic mass is 9.98. The Balaban J connectivity index is 1.34. The summed E-state index contributed by atoms with van der Waals surface area (Å²) in [5, 5.41) is 14.8. The van der Waals surface area contributed by atoms with Crippen molar-refractivity contribution in [3.8, 4) is 11.1 Å². The van der Waals surface area contributed by atoms with E-state index in [-0.39, 0.29) is 31.2 Å². The molecular weight excluding hydrogens is 454 g/mol. The summed E-state index contributed by atoms with van der Waals surface area (Å²) in [5.41, 5.74) is 4.74. The molecule has 34 heavy (non-hydrogen) atoms. The summed E-state index contributed by atoms with van der Waals surface area (Å²) >= 11 is 1.26. The zero-order valence-corrected chi connectivity index (χ0v) is 19.6. The van der Waals surface area contributed by atoms with Gasteiger partial charge in [0, 0.05) is 10.8 Å². The summed E-state index contributed by atoms with van der Waals surface area (Å²) in [6.07, 6.45) is -0.307. The van der Waals surface area contributed by atoms with Gasteiger partial charge in [0.25, 0.3) is 5.91 Å². The van der Waals surface area contributed by atoms with Crippen molar-refractivity contribution in [3.05, 3.63) is 75.2 Å². The zero-order valence-electron chi connectivity index (χ0n) is 18.8. The normalized spacial score (nSPS) is 13.0. The number of carboxylic acids is 1. The molecule has 0 spiro atoms. The van der Waals surface area contributed by atoms with Crippen LogP contribution in [-0.2, 0) is 16.1 Å². The van der Waals surface area contributed by atoms with Gasteiger partial charge in [0.05, 0.1) is 6.54 Å². The summed E-state index contributed by atoms with van der Waals surface area (Å²) in [5.74, 6) is -1.67. The summed E-state index contributed by atoms with van der Waals surface area (Å²) in [6.45, 7) is 3.71. The lowest BCUT2D eigenvalue weighted by Crippen LogP contribution is -2.40. The van der Waals surface area contributed by atoms with Gasteiger partial charge in [-0.3, -0.25) is 4.79 Å². The molecule has 0 radical (unpaired) electrons. The number of ether oxygens (including phenoxy) is 1. The molecule has 0 saturated heterocycles. The predicted molar refractivity (Wildman–Crippen MR) is 128 cm³/mol. The number of alkyl carbamates (subject to hydrolysis) is 1. The van der Waals surface area contributed by atoms with E-state index in [1.807, 2.05) is 24.3 Å². The van der Waals surface area contributed by atoms with Crippen LogP contribution >= 0.6 is 11.3 Å². The number of carbonyl (C=O) groups is 3. The van der Waals surface area contributed by atoms with Crippen molar-refractivity contribution in [2.24, 2.45) is 0 Å². The Labute approximate surface area is 201 Å². The number of amides is 2. The van der Waals surface area contributed by atoms with Gasteiger partial charge in [0.15, 0.2) is 0 Å². The first-order valence-corrected chi connectivity index (χ1v) is 11.8. The van der Waals surface area contributed by atoms with Gasteiger partial charge < -0.3 is 20.5 Å². The molecule has 0 aliphatic heterocycles. The van der Waals surface area contributed by atoms with Crippen molar-refractivity contribution in [2.45, 2.75) is 38.8 Å². The van der Waals surface area contributed by atoms with Crippen LogP contribution in [0.25, 0.3) is 11.1 Å². The maximum Gasteiger partial charge on any atom is 0.407 e. The van der Waals surface area contributed by atoms with Crippen LogP contribution in [-0.4, -0.2) is 40.7 Å². The topological polar surface area (TPSA) is 118 Å². The summed E-state index contributed by atoms with van der Waals surface area (Å²) in [6, 6.07) is 15.2. The molecule has 1 aliphatic rings. The number of aliphatic carboxylic acids is 1. The first-order chi connectivity index (χ1) is 16.4. The fourth-order valence-electron chi connectivity index (χ4n) is 4.10. The third-order valence-electron chi connectivity index (χ3n) is 5.80. The molecular formula is C25H25N3O5S. The Morgan fingerprint density at radius 3 is 2.29 bits per heavy atom. The second kappa shape index (κ2) is 10.0. The Bertz CT molecular complexity index is 1190. The number of aryl methyl sites for hydroxylation is 1. The van der Waals surface area contributed by atoms with E-state index in [1.165, 1.54) is 11.3 Å². The van der Waals surface area contributed by atoms with Gasteiger partial charge in [-0.05, 0) is 35.6 Å². The first kappa shape index (κ1) is 23.4. The van der Waals surface area contributed by atoms with Crippen molar-refractivity contribution in [1.29, 1.82) is 0 Å². The van der Waals surface area contributed by atoms with Gasteiger partial charge in [-0.15, -0.1) is 11.3 Å². The third kappa shape index (κ3) is 4.79. The second-order valence-corrected chi connectivity index (χ2v) is 9.25. The monoisotopic (exact) mass is 479 g/mol. The number of hydrogen-bond donors (Lipinski definition) is 3. The lowest BCUT2D eigenvalue weighted by Gasteiger charge is -2.14. The van der Waals surface area contributed by atoms with Gasteiger partial charge in [0.2, 0.25) is 0 Å². The van der Waals surface area contributed by atoms with E-state index in [4.69, 9.17) is 9.84 Å². The number of carbonyl (C=O) groups excluding carboxylic acids is 2. The molecule has 4 rings (SSSR count). The molecule has 0 bridgehead atoms. The van der Waals surface area contributed by atoms with Crippen LogP contribution in [0, 0.1) is 6.92 Å². The fourth-order valence-corrected chi connectivity index (χ4v) is 4.97. The molecule has 2 amide bonds. The first-order valence-electron chi connectivity index (χ1n) is 11.0. The molecule has 1 aromatic heterocycles. The molecule has 3 aromatic rings. The Morgan fingerprint density at radius 2 is 1.71 bits per heavy atom. The van der Waals surface area contributed by atoms with Crippen molar-refractivity contribution in [1.82, 2.24) is 15.6 Å². The van der Waals surface area contributed by atoms with E-state index in [9.17, 15) is 14.4 Å². The molecule has 2 aromatic carbocycles. The van der Waals surface area contributed by atoms with E-state index in [2.05, 4.69) is 39.9 Å². The molecule has 8 nitrogen and oxygen atoms in total. The maximum absolute atomic E-state index is 12.4. The average molecular weight is 480 g/mol. The maximum atomic E-state index is 12.4. The highest BCUT2D eigenvalue weighted by molar-refractivity contribution is 7.11. The van der Waals surface area contributed by atoms with Crippen LogP contribution < -0.4 is 10.6 Å². The van der Waals surface area contributed by atoms with E-state index in [0.717, 1.165) is 22.3 Å². The Kier molecular flexibility index (Phi) is 6.93. The highest BCUT2D eigenvalue weighted by Crippen LogP contribution is 2.44. The van der Waals surface area contributed by atoms with Crippen LogP contribution in [0.2, 0.25) is 0 Å². The van der Waals surface area contributed by atoms with Gasteiger partial charge >= 0.3 is 12.1 Å². The van der Waals surface area contributed by atoms with Crippen molar-refractivity contribution in [3.63, 3.8) is 0 Å². The minimum absolute atomic E-state index is 0.0312. The number of hydrogen-bond acceptors (Lipinski definition) is 6. The number of aromatic nitrogens is 1. The summed E-state index contributed by atoms with van der Waals surface area (Å²) < 4.78 is 5.52. The fraction of sp³-hybridized carbons (Fsp3) is 0.280. The second-order valence-electron chi connectivity index (χ2n) is 7.96. The van der Waals surface area contributed by atoms with Gasteiger partial charge in [-0.2, -0.15) is 0 Å². The number of fused-ring (bicyclic) bond motifs is 3. The van der Waals surface area contributed by atoms with Crippen molar-refractivity contribution < 1.29 is 24.2 Å². The predicted octanol–water partition coefficient (Wildman–Crippen LogP) is 4.08. The van der Waals surface area contributed by atoms with Gasteiger partial charge in [0.1, 0.15) is 23.4 Å².